The van der Waals surface area contributed by atoms with Gasteiger partial charge in [-0.05, 0) is 23.1 Å². The maximum atomic E-state index is 5.56. The molecule has 0 aliphatic rings. The van der Waals surface area contributed by atoms with E-state index in [1.807, 2.05) is 6.07 Å². The molecule has 0 aliphatic carbocycles. The molecule has 0 fully saturated rings. The molecular formula is C16H17N. The van der Waals surface area contributed by atoms with Gasteiger partial charge in [-0.3, -0.25) is 0 Å². The zero-order valence-electron chi connectivity index (χ0n) is 9.84. The summed E-state index contributed by atoms with van der Waals surface area (Å²) in [6, 6.07) is 18.8. The van der Waals surface area contributed by atoms with Crippen molar-refractivity contribution >= 4 is 6.08 Å². The quantitative estimate of drug-likeness (QED) is 0.844. The lowest BCUT2D eigenvalue weighted by Gasteiger charge is -1.99. The number of benzene rings is 2. The Labute approximate surface area is 103 Å². The monoisotopic (exact) mass is 223 g/mol. The summed E-state index contributed by atoms with van der Waals surface area (Å²) >= 11 is 0. The molecule has 1 heteroatoms. The summed E-state index contributed by atoms with van der Waals surface area (Å²) in [5, 5.41) is 0. The van der Waals surface area contributed by atoms with Crippen LogP contribution in [-0.4, -0.2) is 0 Å². The van der Waals surface area contributed by atoms with Gasteiger partial charge in [0.15, 0.2) is 0 Å². The SMILES string of the molecule is NCc1ccc(CC=Cc2ccccc2)cc1. The van der Waals surface area contributed by atoms with E-state index in [-0.39, 0.29) is 0 Å². The second kappa shape index (κ2) is 6.02. The van der Waals surface area contributed by atoms with Crippen LogP contribution >= 0.6 is 0 Å². The van der Waals surface area contributed by atoms with Gasteiger partial charge in [0, 0.05) is 6.54 Å². The highest BCUT2D eigenvalue weighted by Crippen LogP contribution is 2.07. The fraction of sp³-hybridized carbons (Fsp3) is 0.125. The standard InChI is InChI=1S/C16H17N/c17-13-16-11-9-15(10-12-16)8-4-7-14-5-2-1-3-6-14/h1-7,9-12H,8,13,17H2. The highest BCUT2D eigenvalue weighted by molar-refractivity contribution is 5.49. The molecule has 17 heavy (non-hydrogen) atoms. The van der Waals surface area contributed by atoms with Crippen LogP contribution in [0.2, 0.25) is 0 Å². The van der Waals surface area contributed by atoms with Crippen LogP contribution in [0, 0.1) is 0 Å². The Bertz CT molecular complexity index is 469. The molecule has 2 aromatic carbocycles. The van der Waals surface area contributed by atoms with Crippen molar-refractivity contribution in [2.75, 3.05) is 0 Å². The average Bonchev–Trinajstić information content (AvgIpc) is 2.41. The second-order valence-corrected chi connectivity index (χ2v) is 4.04. The Balaban J connectivity index is 1.95. The Kier molecular flexibility index (Phi) is 4.11. The van der Waals surface area contributed by atoms with Gasteiger partial charge < -0.3 is 5.73 Å². The lowest BCUT2D eigenvalue weighted by Crippen LogP contribution is -1.95. The Morgan fingerprint density at radius 3 is 2.12 bits per heavy atom. The first-order chi connectivity index (χ1) is 8.38. The summed E-state index contributed by atoms with van der Waals surface area (Å²) in [5.41, 5.74) is 9.30. The Morgan fingerprint density at radius 1 is 0.824 bits per heavy atom. The van der Waals surface area contributed by atoms with Gasteiger partial charge in [-0.1, -0.05) is 66.7 Å². The summed E-state index contributed by atoms with van der Waals surface area (Å²) in [5.74, 6) is 0. The number of allylic oxidation sites excluding steroid dienone is 1. The van der Waals surface area contributed by atoms with Crippen LogP contribution < -0.4 is 5.73 Å². The van der Waals surface area contributed by atoms with E-state index in [1.54, 1.807) is 0 Å². The molecule has 0 saturated carbocycles. The number of hydrogen-bond acceptors (Lipinski definition) is 1. The highest BCUT2D eigenvalue weighted by atomic mass is 14.5. The average molecular weight is 223 g/mol. The van der Waals surface area contributed by atoms with Crippen LogP contribution in [0.3, 0.4) is 0 Å². The normalized spacial score (nSPS) is 10.9. The predicted molar refractivity (Wildman–Crippen MR) is 73.5 cm³/mol. The van der Waals surface area contributed by atoms with E-state index in [0.29, 0.717) is 6.54 Å². The minimum atomic E-state index is 0.611. The second-order valence-electron chi connectivity index (χ2n) is 4.04. The van der Waals surface area contributed by atoms with Crippen molar-refractivity contribution in [1.29, 1.82) is 0 Å². The molecule has 0 radical (unpaired) electrons. The zero-order chi connectivity index (χ0) is 11.9. The van der Waals surface area contributed by atoms with Crippen molar-refractivity contribution in [3.63, 3.8) is 0 Å². The van der Waals surface area contributed by atoms with E-state index in [9.17, 15) is 0 Å². The van der Waals surface area contributed by atoms with Gasteiger partial charge in [0.2, 0.25) is 0 Å². The smallest absolute Gasteiger partial charge is 0.0178 e. The van der Waals surface area contributed by atoms with E-state index in [0.717, 1.165) is 6.42 Å². The topological polar surface area (TPSA) is 26.0 Å². The van der Waals surface area contributed by atoms with Crippen molar-refractivity contribution < 1.29 is 0 Å². The summed E-state index contributed by atoms with van der Waals surface area (Å²) in [7, 11) is 0. The van der Waals surface area contributed by atoms with Crippen LogP contribution in [-0.2, 0) is 13.0 Å². The van der Waals surface area contributed by atoms with Crippen LogP contribution in [0.5, 0.6) is 0 Å². The number of nitrogens with two attached hydrogens (primary N) is 1. The molecule has 0 unspecified atom stereocenters. The molecule has 2 N–H and O–H groups in total. The maximum Gasteiger partial charge on any atom is 0.0178 e. The highest BCUT2D eigenvalue weighted by Gasteiger charge is 1.91. The molecule has 0 heterocycles. The third-order valence-electron chi connectivity index (χ3n) is 2.72. The molecule has 0 atom stereocenters. The third kappa shape index (κ3) is 3.58. The van der Waals surface area contributed by atoms with Crippen molar-refractivity contribution in [2.24, 2.45) is 5.73 Å². The van der Waals surface area contributed by atoms with Gasteiger partial charge in [-0.15, -0.1) is 0 Å². The molecule has 0 bridgehead atoms. The first-order valence-corrected chi connectivity index (χ1v) is 5.88. The predicted octanol–water partition coefficient (Wildman–Crippen LogP) is 3.40. The molecule has 0 amide bonds. The molecule has 0 aromatic heterocycles. The largest absolute Gasteiger partial charge is 0.326 e. The molecule has 0 aliphatic heterocycles. The minimum Gasteiger partial charge on any atom is -0.326 e. The van der Waals surface area contributed by atoms with Crippen molar-refractivity contribution in [3.8, 4) is 0 Å². The van der Waals surface area contributed by atoms with Gasteiger partial charge >= 0.3 is 0 Å². The van der Waals surface area contributed by atoms with E-state index in [2.05, 4.69) is 60.7 Å². The number of hydrogen-bond donors (Lipinski definition) is 1. The van der Waals surface area contributed by atoms with E-state index < -0.39 is 0 Å². The lowest BCUT2D eigenvalue weighted by molar-refractivity contribution is 1.07. The fourth-order valence-corrected chi connectivity index (χ4v) is 1.71. The van der Waals surface area contributed by atoms with Crippen molar-refractivity contribution in [1.82, 2.24) is 0 Å². The van der Waals surface area contributed by atoms with Crippen LogP contribution in [0.4, 0.5) is 0 Å². The summed E-state index contributed by atoms with van der Waals surface area (Å²) in [6.45, 7) is 0.611. The Hall–Kier alpha value is -1.86. The van der Waals surface area contributed by atoms with Crippen LogP contribution in [0.1, 0.15) is 16.7 Å². The van der Waals surface area contributed by atoms with Crippen LogP contribution in [0.25, 0.3) is 6.08 Å². The fourth-order valence-electron chi connectivity index (χ4n) is 1.71. The van der Waals surface area contributed by atoms with Gasteiger partial charge in [0.25, 0.3) is 0 Å². The molecule has 0 saturated heterocycles. The lowest BCUT2D eigenvalue weighted by atomic mass is 10.1. The van der Waals surface area contributed by atoms with Gasteiger partial charge in [0.1, 0.15) is 0 Å². The van der Waals surface area contributed by atoms with Gasteiger partial charge in [-0.25, -0.2) is 0 Å². The first kappa shape index (κ1) is 11.6. The molecule has 2 rings (SSSR count). The van der Waals surface area contributed by atoms with E-state index in [4.69, 9.17) is 5.73 Å². The summed E-state index contributed by atoms with van der Waals surface area (Å²) < 4.78 is 0. The van der Waals surface area contributed by atoms with E-state index >= 15 is 0 Å². The van der Waals surface area contributed by atoms with Gasteiger partial charge in [0.05, 0.1) is 0 Å². The first-order valence-electron chi connectivity index (χ1n) is 5.88. The molecule has 86 valence electrons. The molecular weight excluding hydrogens is 206 g/mol. The molecule has 1 nitrogen and oxygen atoms in total. The zero-order valence-corrected chi connectivity index (χ0v) is 9.84. The summed E-state index contributed by atoms with van der Waals surface area (Å²) in [6.07, 6.45) is 5.30. The van der Waals surface area contributed by atoms with Crippen molar-refractivity contribution in [2.45, 2.75) is 13.0 Å². The molecule has 0 spiro atoms. The number of rotatable bonds is 4. The van der Waals surface area contributed by atoms with Crippen LogP contribution in [0.15, 0.2) is 60.7 Å². The van der Waals surface area contributed by atoms with Crippen molar-refractivity contribution in [3.05, 3.63) is 77.4 Å². The van der Waals surface area contributed by atoms with E-state index in [1.165, 1.54) is 16.7 Å². The maximum absolute atomic E-state index is 5.56. The Morgan fingerprint density at radius 2 is 1.47 bits per heavy atom. The van der Waals surface area contributed by atoms with Gasteiger partial charge in [-0.2, -0.15) is 0 Å². The minimum absolute atomic E-state index is 0.611. The summed E-state index contributed by atoms with van der Waals surface area (Å²) in [4.78, 5) is 0. The third-order valence-corrected chi connectivity index (χ3v) is 2.72. The molecule has 2 aromatic rings.